The van der Waals surface area contributed by atoms with Crippen molar-refractivity contribution in [3.63, 3.8) is 0 Å². The first-order valence-corrected chi connectivity index (χ1v) is 8.65. The number of hydrogen-bond acceptors (Lipinski definition) is 2. The quantitative estimate of drug-likeness (QED) is 0.568. The number of aryl methyl sites for hydroxylation is 2. The SMILES string of the molecule is Cc1cc(C)cc(/C=N/C(=C\C(=N)c2ccccc2)c2ccccc2)c1. The summed E-state index contributed by atoms with van der Waals surface area (Å²) in [4.78, 5) is 4.71. The Bertz CT molecular complexity index is 932. The second-order valence-electron chi connectivity index (χ2n) is 6.35. The van der Waals surface area contributed by atoms with Gasteiger partial charge < -0.3 is 5.41 Å². The molecule has 0 aliphatic rings. The minimum Gasteiger partial charge on any atom is -0.300 e. The van der Waals surface area contributed by atoms with Crippen LogP contribution in [0.3, 0.4) is 0 Å². The maximum absolute atomic E-state index is 8.41. The molecule has 2 heteroatoms. The van der Waals surface area contributed by atoms with Crippen molar-refractivity contribution in [2.75, 3.05) is 0 Å². The van der Waals surface area contributed by atoms with Crippen LogP contribution in [0.4, 0.5) is 0 Å². The van der Waals surface area contributed by atoms with Gasteiger partial charge in [0, 0.05) is 11.8 Å². The second kappa shape index (κ2) is 8.21. The maximum atomic E-state index is 8.41. The van der Waals surface area contributed by atoms with E-state index in [0.29, 0.717) is 5.71 Å². The number of nitrogens with zero attached hydrogens (tertiary/aromatic N) is 1. The maximum Gasteiger partial charge on any atom is 0.0723 e. The molecule has 0 radical (unpaired) electrons. The normalized spacial score (nSPS) is 11.7. The molecule has 0 saturated heterocycles. The first kappa shape index (κ1) is 17.6. The molecular weight excluding hydrogens is 316 g/mol. The zero-order chi connectivity index (χ0) is 18.4. The third-order valence-corrected chi connectivity index (χ3v) is 4.03. The van der Waals surface area contributed by atoms with Gasteiger partial charge in [-0.15, -0.1) is 0 Å². The van der Waals surface area contributed by atoms with E-state index in [1.807, 2.05) is 73.0 Å². The summed E-state index contributed by atoms with van der Waals surface area (Å²) in [6.07, 6.45) is 3.70. The van der Waals surface area contributed by atoms with Gasteiger partial charge in [-0.25, -0.2) is 0 Å². The Morgan fingerprint density at radius 3 is 1.88 bits per heavy atom. The van der Waals surface area contributed by atoms with Crippen LogP contribution in [0.25, 0.3) is 5.70 Å². The summed E-state index contributed by atoms with van der Waals surface area (Å²) in [6.45, 7) is 4.17. The molecule has 3 aromatic rings. The van der Waals surface area contributed by atoms with Crippen LogP contribution in [0.5, 0.6) is 0 Å². The lowest BCUT2D eigenvalue weighted by Gasteiger charge is -2.05. The van der Waals surface area contributed by atoms with Crippen molar-refractivity contribution in [3.8, 4) is 0 Å². The smallest absolute Gasteiger partial charge is 0.0723 e. The van der Waals surface area contributed by atoms with Crippen LogP contribution in [0.15, 0.2) is 89.9 Å². The van der Waals surface area contributed by atoms with Gasteiger partial charge in [0.2, 0.25) is 0 Å². The summed E-state index contributed by atoms with van der Waals surface area (Å²) in [7, 11) is 0. The van der Waals surface area contributed by atoms with Crippen LogP contribution < -0.4 is 0 Å². The van der Waals surface area contributed by atoms with Crippen LogP contribution in [0.1, 0.15) is 27.8 Å². The Morgan fingerprint density at radius 2 is 1.31 bits per heavy atom. The Hall–Kier alpha value is -3.26. The summed E-state index contributed by atoms with van der Waals surface area (Å²) >= 11 is 0. The number of rotatable bonds is 5. The molecule has 0 saturated carbocycles. The number of hydrogen-bond donors (Lipinski definition) is 1. The molecule has 0 amide bonds. The van der Waals surface area contributed by atoms with Gasteiger partial charge in [0.1, 0.15) is 0 Å². The lowest BCUT2D eigenvalue weighted by Crippen LogP contribution is -1.96. The van der Waals surface area contributed by atoms with Crippen molar-refractivity contribution in [2.45, 2.75) is 13.8 Å². The molecule has 0 heterocycles. The van der Waals surface area contributed by atoms with Gasteiger partial charge in [-0.2, -0.15) is 0 Å². The molecule has 0 aromatic heterocycles. The van der Waals surface area contributed by atoms with E-state index in [4.69, 9.17) is 10.4 Å². The van der Waals surface area contributed by atoms with Gasteiger partial charge in [-0.3, -0.25) is 4.99 Å². The molecule has 0 atom stereocenters. The minimum absolute atomic E-state index is 0.446. The average Bonchev–Trinajstić information content (AvgIpc) is 2.65. The van der Waals surface area contributed by atoms with Crippen LogP contribution in [0, 0.1) is 19.3 Å². The van der Waals surface area contributed by atoms with E-state index in [1.54, 1.807) is 0 Å². The fraction of sp³-hybridized carbons (Fsp3) is 0.0833. The Morgan fingerprint density at radius 1 is 0.769 bits per heavy atom. The van der Waals surface area contributed by atoms with Crippen LogP contribution in [-0.4, -0.2) is 11.9 Å². The van der Waals surface area contributed by atoms with Crippen LogP contribution in [-0.2, 0) is 0 Å². The Balaban J connectivity index is 1.97. The highest BCUT2D eigenvalue weighted by molar-refractivity contribution is 6.10. The van der Waals surface area contributed by atoms with Gasteiger partial charge in [-0.05, 0) is 31.1 Å². The van der Waals surface area contributed by atoms with Gasteiger partial charge in [0.05, 0.1) is 11.4 Å². The van der Waals surface area contributed by atoms with Crippen molar-refractivity contribution in [1.82, 2.24) is 0 Å². The van der Waals surface area contributed by atoms with Gasteiger partial charge in [-0.1, -0.05) is 90.0 Å². The summed E-state index contributed by atoms with van der Waals surface area (Å²) in [5, 5.41) is 8.41. The highest BCUT2D eigenvalue weighted by atomic mass is 14.7. The Labute approximate surface area is 155 Å². The van der Waals surface area contributed by atoms with E-state index in [9.17, 15) is 0 Å². The van der Waals surface area contributed by atoms with Crippen molar-refractivity contribution < 1.29 is 0 Å². The molecule has 3 aromatic carbocycles. The largest absolute Gasteiger partial charge is 0.300 e. The van der Waals surface area contributed by atoms with E-state index < -0.39 is 0 Å². The fourth-order valence-electron chi connectivity index (χ4n) is 2.87. The number of benzene rings is 3. The predicted molar refractivity (Wildman–Crippen MR) is 111 cm³/mol. The molecule has 1 N–H and O–H groups in total. The highest BCUT2D eigenvalue weighted by Crippen LogP contribution is 2.18. The lowest BCUT2D eigenvalue weighted by atomic mass is 10.1. The summed E-state index contributed by atoms with van der Waals surface area (Å²) in [6, 6.07) is 26.1. The zero-order valence-electron chi connectivity index (χ0n) is 15.1. The van der Waals surface area contributed by atoms with Gasteiger partial charge in [0.25, 0.3) is 0 Å². The third kappa shape index (κ3) is 4.64. The molecule has 0 fully saturated rings. The number of nitrogens with one attached hydrogen (secondary N) is 1. The van der Waals surface area contributed by atoms with Crippen LogP contribution >= 0.6 is 0 Å². The fourth-order valence-corrected chi connectivity index (χ4v) is 2.87. The van der Waals surface area contributed by atoms with E-state index in [2.05, 4.69) is 32.0 Å². The van der Waals surface area contributed by atoms with Crippen LogP contribution in [0.2, 0.25) is 0 Å². The van der Waals surface area contributed by atoms with Crippen molar-refractivity contribution >= 4 is 17.6 Å². The molecule has 26 heavy (non-hydrogen) atoms. The van der Waals surface area contributed by atoms with E-state index in [1.165, 1.54) is 11.1 Å². The first-order valence-electron chi connectivity index (χ1n) is 8.65. The highest BCUT2D eigenvalue weighted by Gasteiger charge is 2.03. The molecule has 0 bridgehead atoms. The second-order valence-corrected chi connectivity index (χ2v) is 6.35. The summed E-state index contributed by atoms with van der Waals surface area (Å²) < 4.78 is 0. The van der Waals surface area contributed by atoms with E-state index in [-0.39, 0.29) is 0 Å². The van der Waals surface area contributed by atoms with Crippen molar-refractivity contribution in [3.05, 3.63) is 113 Å². The predicted octanol–water partition coefficient (Wildman–Crippen LogP) is 5.83. The van der Waals surface area contributed by atoms with E-state index >= 15 is 0 Å². The third-order valence-electron chi connectivity index (χ3n) is 4.03. The summed E-state index contributed by atoms with van der Waals surface area (Å²) in [5.74, 6) is 0. The molecular formula is C24H22N2. The lowest BCUT2D eigenvalue weighted by molar-refractivity contribution is 1.37. The molecule has 0 aliphatic heterocycles. The number of aliphatic imine (C=N–C) groups is 1. The summed E-state index contributed by atoms with van der Waals surface area (Å²) in [5.41, 5.74) is 6.59. The van der Waals surface area contributed by atoms with Gasteiger partial charge in [0.15, 0.2) is 0 Å². The van der Waals surface area contributed by atoms with E-state index in [0.717, 1.165) is 22.4 Å². The molecule has 0 spiro atoms. The zero-order valence-corrected chi connectivity index (χ0v) is 15.1. The van der Waals surface area contributed by atoms with Gasteiger partial charge >= 0.3 is 0 Å². The molecule has 2 nitrogen and oxygen atoms in total. The molecule has 0 aliphatic carbocycles. The molecule has 3 rings (SSSR count). The topological polar surface area (TPSA) is 36.2 Å². The average molecular weight is 338 g/mol. The minimum atomic E-state index is 0.446. The first-order chi connectivity index (χ1) is 12.6. The number of allylic oxidation sites excluding steroid dienone is 1. The molecule has 0 unspecified atom stereocenters. The standard InChI is InChI=1S/C24H22N2/c1-18-13-19(2)15-20(14-18)17-26-24(22-11-7-4-8-12-22)16-23(25)21-9-5-3-6-10-21/h3-17,25H,1-2H3/b24-16-,25-23?,26-17+. The van der Waals surface area contributed by atoms with Crippen molar-refractivity contribution in [1.29, 1.82) is 5.41 Å². The monoisotopic (exact) mass is 338 g/mol. The molecule has 128 valence electrons. The van der Waals surface area contributed by atoms with Crippen molar-refractivity contribution in [2.24, 2.45) is 4.99 Å². The Kier molecular flexibility index (Phi) is 5.55.